The fourth-order valence-corrected chi connectivity index (χ4v) is 2.02. The molecule has 0 fully saturated rings. The zero-order valence-electron chi connectivity index (χ0n) is 8.80. The van der Waals surface area contributed by atoms with Gasteiger partial charge >= 0.3 is 0 Å². The second-order valence-corrected chi connectivity index (χ2v) is 4.50. The van der Waals surface area contributed by atoms with Crippen molar-refractivity contribution < 1.29 is 4.79 Å². The summed E-state index contributed by atoms with van der Waals surface area (Å²) < 4.78 is 0. The average Bonchev–Trinajstić information content (AvgIpc) is 2.64. The summed E-state index contributed by atoms with van der Waals surface area (Å²) in [6.07, 6.45) is 2.22. The van der Waals surface area contributed by atoms with Crippen LogP contribution in [0.3, 0.4) is 0 Å². The van der Waals surface area contributed by atoms with E-state index in [9.17, 15) is 4.79 Å². The van der Waals surface area contributed by atoms with Gasteiger partial charge in [-0.25, -0.2) is 4.98 Å². The summed E-state index contributed by atoms with van der Waals surface area (Å²) in [4.78, 5) is 19.5. The van der Waals surface area contributed by atoms with Gasteiger partial charge in [0.25, 0.3) is 0 Å². The lowest BCUT2D eigenvalue weighted by atomic mass is 10.1. The lowest BCUT2D eigenvalue weighted by Gasteiger charge is -1.99. The molecule has 2 aromatic heterocycles. The normalized spacial score (nSPS) is 10.3. The molecule has 5 heteroatoms. The third-order valence-electron chi connectivity index (χ3n) is 2.13. The van der Waals surface area contributed by atoms with E-state index in [1.807, 2.05) is 12.3 Å². The van der Waals surface area contributed by atoms with Crippen LogP contribution in [0.15, 0.2) is 23.7 Å². The van der Waals surface area contributed by atoms with Crippen LogP contribution in [0.1, 0.15) is 26.8 Å². The maximum atomic E-state index is 11.0. The van der Waals surface area contributed by atoms with Crippen LogP contribution in [0, 0.1) is 6.92 Å². The van der Waals surface area contributed by atoms with Gasteiger partial charge in [-0.15, -0.1) is 11.3 Å². The van der Waals surface area contributed by atoms with Crippen LogP contribution in [-0.4, -0.2) is 15.9 Å². The molecule has 0 radical (unpaired) electrons. The fourth-order valence-electron chi connectivity index (χ4n) is 1.40. The van der Waals surface area contributed by atoms with Crippen LogP contribution < -0.4 is 5.73 Å². The molecular formula is C11H11N3OS. The number of amides is 1. The highest BCUT2D eigenvalue weighted by Gasteiger charge is 2.05. The van der Waals surface area contributed by atoms with Gasteiger partial charge in [0.1, 0.15) is 0 Å². The molecule has 0 unspecified atom stereocenters. The Hall–Kier alpha value is -1.75. The Labute approximate surface area is 97.2 Å². The van der Waals surface area contributed by atoms with E-state index < -0.39 is 5.91 Å². The lowest BCUT2D eigenvalue weighted by molar-refractivity contribution is 0.1000. The van der Waals surface area contributed by atoms with Crippen molar-refractivity contribution in [1.29, 1.82) is 0 Å². The SMILES string of the molecule is Cc1nc(Cc2cc(C(N)=O)ccn2)cs1. The molecule has 0 atom stereocenters. The fraction of sp³-hybridized carbons (Fsp3) is 0.182. The lowest BCUT2D eigenvalue weighted by Crippen LogP contribution is -2.11. The van der Waals surface area contributed by atoms with Gasteiger partial charge in [-0.05, 0) is 19.1 Å². The van der Waals surface area contributed by atoms with Crippen LogP contribution in [0.5, 0.6) is 0 Å². The van der Waals surface area contributed by atoms with Gasteiger partial charge in [0, 0.05) is 29.3 Å². The molecule has 2 heterocycles. The van der Waals surface area contributed by atoms with Crippen LogP contribution >= 0.6 is 11.3 Å². The minimum Gasteiger partial charge on any atom is -0.366 e. The first-order valence-corrected chi connectivity index (χ1v) is 5.69. The number of rotatable bonds is 3. The Morgan fingerprint density at radius 3 is 2.94 bits per heavy atom. The number of primary amides is 1. The summed E-state index contributed by atoms with van der Waals surface area (Å²) >= 11 is 1.60. The molecule has 2 N–H and O–H groups in total. The van der Waals surface area contributed by atoms with Crippen molar-refractivity contribution in [2.45, 2.75) is 13.3 Å². The number of nitrogens with two attached hydrogens (primary N) is 1. The van der Waals surface area contributed by atoms with E-state index in [1.165, 1.54) is 0 Å². The molecule has 0 bridgehead atoms. The summed E-state index contributed by atoms with van der Waals surface area (Å²) in [5.41, 5.74) is 7.46. The van der Waals surface area contributed by atoms with E-state index in [0.29, 0.717) is 12.0 Å². The van der Waals surface area contributed by atoms with Gasteiger partial charge in [-0.2, -0.15) is 0 Å². The summed E-state index contributed by atoms with van der Waals surface area (Å²) in [6, 6.07) is 3.31. The zero-order valence-corrected chi connectivity index (χ0v) is 9.62. The van der Waals surface area contributed by atoms with Crippen molar-refractivity contribution >= 4 is 17.2 Å². The van der Waals surface area contributed by atoms with Crippen molar-refractivity contribution in [1.82, 2.24) is 9.97 Å². The first-order chi connectivity index (χ1) is 7.65. The number of nitrogens with zero attached hydrogens (tertiary/aromatic N) is 2. The van der Waals surface area contributed by atoms with Gasteiger partial charge in [-0.3, -0.25) is 9.78 Å². The van der Waals surface area contributed by atoms with Crippen molar-refractivity contribution in [2.75, 3.05) is 0 Å². The summed E-state index contributed by atoms with van der Waals surface area (Å²) in [6.45, 7) is 1.96. The largest absolute Gasteiger partial charge is 0.366 e. The molecule has 2 rings (SSSR count). The zero-order chi connectivity index (χ0) is 11.5. The number of carbonyl (C=O) groups is 1. The van der Waals surface area contributed by atoms with Crippen molar-refractivity contribution in [2.24, 2.45) is 5.73 Å². The molecule has 0 aromatic carbocycles. The summed E-state index contributed by atoms with van der Waals surface area (Å²) in [7, 11) is 0. The van der Waals surface area contributed by atoms with E-state index in [0.717, 1.165) is 16.4 Å². The highest BCUT2D eigenvalue weighted by molar-refractivity contribution is 7.09. The number of aromatic nitrogens is 2. The minimum absolute atomic E-state index is 0.432. The van der Waals surface area contributed by atoms with E-state index in [2.05, 4.69) is 9.97 Å². The number of thiazole rings is 1. The molecule has 0 spiro atoms. The van der Waals surface area contributed by atoms with E-state index >= 15 is 0 Å². The van der Waals surface area contributed by atoms with Gasteiger partial charge in [0.15, 0.2) is 0 Å². The Balaban J connectivity index is 2.21. The molecule has 0 aliphatic carbocycles. The standard InChI is InChI=1S/C11H11N3OS/c1-7-14-10(6-16-7)5-9-4-8(11(12)15)2-3-13-9/h2-4,6H,5H2,1H3,(H2,12,15). The summed E-state index contributed by atoms with van der Waals surface area (Å²) in [5, 5.41) is 3.02. The summed E-state index contributed by atoms with van der Waals surface area (Å²) in [5.74, 6) is -0.432. The average molecular weight is 233 g/mol. The van der Waals surface area contributed by atoms with Gasteiger partial charge in [0.05, 0.1) is 10.7 Å². The molecule has 16 heavy (non-hydrogen) atoms. The number of hydrogen-bond donors (Lipinski definition) is 1. The predicted molar refractivity (Wildman–Crippen MR) is 62.4 cm³/mol. The van der Waals surface area contributed by atoms with Gasteiger partial charge < -0.3 is 5.73 Å². The molecule has 2 aromatic rings. The number of hydrogen-bond acceptors (Lipinski definition) is 4. The molecule has 0 aliphatic rings. The monoisotopic (exact) mass is 233 g/mol. The van der Waals surface area contributed by atoms with E-state index in [4.69, 9.17) is 5.73 Å². The second kappa shape index (κ2) is 4.40. The van der Waals surface area contributed by atoms with E-state index in [-0.39, 0.29) is 0 Å². The van der Waals surface area contributed by atoms with Crippen molar-refractivity contribution in [3.8, 4) is 0 Å². The quantitative estimate of drug-likeness (QED) is 0.874. The molecule has 1 amide bonds. The molecule has 0 aliphatic heterocycles. The van der Waals surface area contributed by atoms with Crippen molar-refractivity contribution in [3.05, 3.63) is 45.7 Å². The Morgan fingerprint density at radius 2 is 2.31 bits per heavy atom. The maximum absolute atomic E-state index is 11.0. The predicted octanol–water partition coefficient (Wildman–Crippen LogP) is 1.54. The third kappa shape index (κ3) is 2.43. The first-order valence-electron chi connectivity index (χ1n) is 4.81. The van der Waals surface area contributed by atoms with Gasteiger partial charge in [0.2, 0.25) is 5.91 Å². The minimum atomic E-state index is -0.432. The molecule has 82 valence electrons. The van der Waals surface area contributed by atoms with Crippen LogP contribution in [-0.2, 0) is 6.42 Å². The Morgan fingerprint density at radius 1 is 1.50 bits per heavy atom. The smallest absolute Gasteiger partial charge is 0.248 e. The number of pyridine rings is 1. The Bertz CT molecular complexity index is 521. The van der Waals surface area contributed by atoms with Crippen LogP contribution in [0.4, 0.5) is 0 Å². The van der Waals surface area contributed by atoms with E-state index in [1.54, 1.807) is 29.7 Å². The molecule has 0 saturated heterocycles. The topological polar surface area (TPSA) is 68.9 Å². The number of aryl methyl sites for hydroxylation is 1. The first kappa shape index (κ1) is 10.8. The molecule has 4 nitrogen and oxygen atoms in total. The van der Waals surface area contributed by atoms with Crippen LogP contribution in [0.25, 0.3) is 0 Å². The maximum Gasteiger partial charge on any atom is 0.248 e. The molecule has 0 saturated carbocycles. The molecular weight excluding hydrogens is 222 g/mol. The second-order valence-electron chi connectivity index (χ2n) is 3.43. The number of carbonyl (C=O) groups excluding carboxylic acids is 1. The third-order valence-corrected chi connectivity index (χ3v) is 2.95. The highest BCUT2D eigenvalue weighted by Crippen LogP contribution is 2.12. The van der Waals surface area contributed by atoms with Crippen molar-refractivity contribution in [3.63, 3.8) is 0 Å². The highest BCUT2D eigenvalue weighted by atomic mass is 32.1. The Kier molecular flexibility index (Phi) is 2.96. The van der Waals surface area contributed by atoms with Crippen LogP contribution in [0.2, 0.25) is 0 Å². The van der Waals surface area contributed by atoms with Gasteiger partial charge in [-0.1, -0.05) is 0 Å².